The average Bonchev–Trinajstić information content (AvgIpc) is 2.53. The Balaban J connectivity index is 0. The largest absolute Gasteiger partial charge is 0.396 e. The average molecular weight is 331 g/mol. The zero-order chi connectivity index (χ0) is 18.9. The molecule has 0 aromatic carbocycles. The number of carbonyl (C=O) groups is 2. The van der Waals surface area contributed by atoms with Gasteiger partial charge in [-0.3, -0.25) is 0 Å². The molecule has 0 bridgehead atoms. The van der Waals surface area contributed by atoms with Crippen LogP contribution in [0, 0.1) is 16.2 Å². The van der Waals surface area contributed by atoms with Gasteiger partial charge in [-0.1, -0.05) is 41.5 Å². The van der Waals surface area contributed by atoms with Crippen LogP contribution in [0.2, 0.25) is 0 Å². The van der Waals surface area contributed by atoms with Gasteiger partial charge in [-0.2, -0.15) is 0 Å². The van der Waals surface area contributed by atoms with Crippen LogP contribution < -0.4 is 0 Å². The molecule has 23 heavy (non-hydrogen) atoms. The van der Waals surface area contributed by atoms with Gasteiger partial charge < -0.3 is 19.4 Å². The molecule has 0 saturated carbocycles. The number of ether oxygens (including phenoxy) is 1. The Morgan fingerprint density at radius 1 is 0.913 bits per heavy atom. The monoisotopic (exact) mass is 330 g/mol. The quantitative estimate of drug-likeness (QED) is 0.648. The molecule has 0 aromatic rings. The number of hydrogen-bond donors (Lipinski definition) is 1. The minimum atomic E-state index is -0.401. The van der Waals surface area contributed by atoms with Crippen molar-refractivity contribution in [1.29, 1.82) is 0 Å². The van der Waals surface area contributed by atoms with Crippen molar-refractivity contribution < 1.29 is 19.4 Å². The number of aliphatic hydroxyl groups excluding tert-OH is 1. The lowest BCUT2D eigenvalue weighted by Crippen LogP contribution is -2.38. The van der Waals surface area contributed by atoms with Gasteiger partial charge in [0.2, 0.25) is 0 Å². The van der Waals surface area contributed by atoms with E-state index in [4.69, 9.17) is 9.84 Å². The number of carbonyl (C=O) groups excluding carboxylic acids is 2. The van der Waals surface area contributed by atoms with Gasteiger partial charge in [-0.25, -0.2) is 0 Å². The predicted molar refractivity (Wildman–Crippen MR) is 95.5 cm³/mol. The van der Waals surface area contributed by atoms with E-state index in [1.807, 2.05) is 55.4 Å². The Morgan fingerprint density at radius 3 is 1.57 bits per heavy atom. The number of aliphatic hydroxyl groups is 1. The fraction of sp³-hybridized carbons (Fsp3) is 0.895. The van der Waals surface area contributed by atoms with Crippen LogP contribution in [0.25, 0.3) is 0 Å². The molecule has 4 nitrogen and oxygen atoms in total. The molecule has 4 heteroatoms. The molecule has 138 valence electrons. The van der Waals surface area contributed by atoms with Crippen molar-refractivity contribution in [3.63, 3.8) is 0 Å². The van der Waals surface area contributed by atoms with Gasteiger partial charge in [-0.05, 0) is 38.5 Å². The number of methoxy groups -OCH3 is 1. The zero-order valence-corrected chi connectivity index (χ0v) is 16.7. The van der Waals surface area contributed by atoms with Gasteiger partial charge in [0.05, 0.1) is 5.60 Å². The summed E-state index contributed by atoms with van der Waals surface area (Å²) in [5.74, 6) is 0. The molecular formula is C19H38O4. The van der Waals surface area contributed by atoms with Crippen LogP contribution in [0.5, 0.6) is 0 Å². The molecule has 0 saturated heterocycles. The van der Waals surface area contributed by atoms with Crippen LogP contribution in [-0.4, -0.2) is 37.0 Å². The van der Waals surface area contributed by atoms with E-state index >= 15 is 0 Å². The maximum absolute atomic E-state index is 10.8. The molecule has 0 radical (unpaired) electrons. The second kappa shape index (κ2) is 9.53. The van der Waals surface area contributed by atoms with Crippen molar-refractivity contribution in [1.82, 2.24) is 0 Å². The minimum absolute atomic E-state index is 0.0517. The summed E-state index contributed by atoms with van der Waals surface area (Å²) in [7, 11) is 1.68. The molecule has 0 amide bonds. The third-order valence-electron chi connectivity index (χ3n) is 5.41. The highest BCUT2D eigenvalue weighted by Crippen LogP contribution is 2.39. The molecule has 0 aliphatic rings. The Labute approximate surface area is 143 Å². The van der Waals surface area contributed by atoms with E-state index in [-0.39, 0.29) is 23.0 Å². The van der Waals surface area contributed by atoms with Crippen molar-refractivity contribution in [3.8, 4) is 0 Å². The van der Waals surface area contributed by atoms with Crippen LogP contribution in [0.15, 0.2) is 0 Å². The maximum atomic E-state index is 10.8. The van der Waals surface area contributed by atoms with Crippen molar-refractivity contribution in [3.05, 3.63) is 0 Å². The summed E-state index contributed by atoms with van der Waals surface area (Å²) in [6.45, 7) is 15.7. The first kappa shape index (κ1) is 24.5. The van der Waals surface area contributed by atoms with Crippen LogP contribution in [0.4, 0.5) is 0 Å². The minimum Gasteiger partial charge on any atom is -0.396 e. The summed E-state index contributed by atoms with van der Waals surface area (Å²) in [4.78, 5) is 21.5. The molecule has 0 aliphatic carbocycles. The van der Waals surface area contributed by atoms with Crippen molar-refractivity contribution in [2.24, 2.45) is 16.2 Å². The van der Waals surface area contributed by atoms with Gasteiger partial charge in [-0.15, -0.1) is 0 Å². The van der Waals surface area contributed by atoms with Crippen LogP contribution in [-0.2, 0) is 14.3 Å². The third kappa shape index (κ3) is 7.58. The third-order valence-corrected chi connectivity index (χ3v) is 5.41. The molecule has 2 atom stereocenters. The predicted octanol–water partition coefficient (Wildman–Crippen LogP) is 4.04. The van der Waals surface area contributed by atoms with Crippen LogP contribution in [0.3, 0.4) is 0 Å². The van der Waals surface area contributed by atoms with E-state index in [2.05, 4.69) is 0 Å². The number of rotatable bonds is 9. The van der Waals surface area contributed by atoms with Crippen molar-refractivity contribution in [2.75, 3.05) is 13.7 Å². The van der Waals surface area contributed by atoms with E-state index < -0.39 is 5.41 Å². The summed E-state index contributed by atoms with van der Waals surface area (Å²) in [5.41, 5.74) is -1.16. The first-order valence-electron chi connectivity index (χ1n) is 8.41. The van der Waals surface area contributed by atoms with Crippen molar-refractivity contribution >= 4 is 12.6 Å². The highest BCUT2D eigenvalue weighted by atomic mass is 16.5. The SMILES string of the molecule is CCC(C)(C=O)C(C)(C)CO.CCC(C)(C=O)CC(C)(C)OC. The smallest absolute Gasteiger partial charge is 0.126 e. The molecule has 0 spiro atoms. The maximum Gasteiger partial charge on any atom is 0.126 e. The summed E-state index contributed by atoms with van der Waals surface area (Å²) in [6, 6.07) is 0. The lowest BCUT2D eigenvalue weighted by molar-refractivity contribution is -0.123. The summed E-state index contributed by atoms with van der Waals surface area (Å²) in [5, 5.41) is 9.03. The lowest BCUT2D eigenvalue weighted by Gasteiger charge is -2.37. The normalized spacial score (nSPS) is 17.3. The molecule has 0 fully saturated rings. The van der Waals surface area contributed by atoms with Gasteiger partial charge in [0.1, 0.15) is 12.6 Å². The second-order valence-corrected chi connectivity index (χ2v) is 8.20. The van der Waals surface area contributed by atoms with Gasteiger partial charge >= 0.3 is 0 Å². The Bertz CT molecular complexity index is 362. The lowest BCUT2D eigenvalue weighted by atomic mass is 9.66. The fourth-order valence-corrected chi connectivity index (χ4v) is 2.20. The Hall–Kier alpha value is -0.740. The molecule has 0 aromatic heterocycles. The van der Waals surface area contributed by atoms with E-state index in [1.54, 1.807) is 7.11 Å². The van der Waals surface area contributed by atoms with E-state index in [9.17, 15) is 9.59 Å². The molecule has 0 heterocycles. The van der Waals surface area contributed by atoms with Crippen LogP contribution in [0.1, 0.15) is 74.7 Å². The standard InChI is InChI=1S/C10H20O2.C9H18O2/c1-6-10(4,8-11)7-9(2,3)12-5;1-5-9(4,7-11)8(2,3)6-10/h8H,6-7H2,1-5H3;7,10H,5-6H2,1-4H3. The number of hydrogen-bond acceptors (Lipinski definition) is 4. The zero-order valence-electron chi connectivity index (χ0n) is 16.7. The van der Waals surface area contributed by atoms with Gasteiger partial charge in [0.25, 0.3) is 0 Å². The van der Waals surface area contributed by atoms with E-state index in [1.165, 1.54) is 0 Å². The second-order valence-electron chi connectivity index (χ2n) is 8.20. The molecule has 0 aliphatic heterocycles. The topological polar surface area (TPSA) is 63.6 Å². The van der Waals surface area contributed by atoms with E-state index in [0.29, 0.717) is 0 Å². The first-order chi connectivity index (χ1) is 10.3. The summed E-state index contributed by atoms with van der Waals surface area (Å²) in [6.07, 6.45) is 4.39. The Morgan fingerprint density at radius 2 is 1.39 bits per heavy atom. The van der Waals surface area contributed by atoms with Gasteiger partial charge in [0.15, 0.2) is 0 Å². The number of aldehydes is 2. The molecule has 0 rings (SSSR count). The summed E-state index contributed by atoms with van der Waals surface area (Å²) < 4.78 is 5.28. The molecular weight excluding hydrogens is 292 g/mol. The highest BCUT2D eigenvalue weighted by Gasteiger charge is 2.38. The first-order valence-corrected chi connectivity index (χ1v) is 8.41. The summed E-state index contributed by atoms with van der Waals surface area (Å²) >= 11 is 0. The Kier molecular flexibility index (Phi) is 10.2. The molecule has 2 unspecified atom stereocenters. The highest BCUT2D eigenvalue weighted by molar-refractivity contribution is 5.60. The van der Waals surface area contributed by atoms with E-state index in [0.717, 1.165) is 31.8 Å². The fourth-order valence-electron chi connectivity index (χ4n) is 2.20. The molecule has 1 N–H and O–H groups in total. The van der Waals surface area contributed by atoms with Crippen LogP contribution >= 0.6 is 0 Å². The van der Waals surface area contributed by atoms with Gasteiger partial charge in [0, 0.05) is 24.5 Å². The van der Waals surface area contributed by atoms with Crippen molar-refractivity contribution in [2.45, 2.75) is 80.3 Å².